The van der Waals surface area contributed by atoms with Gasteiger partial charge in [-0.3, -0.25) is 0 Å². The SMILES string of the molecule is CC(C)n1c(=NS(C)(C)C)n(C(C)C)c2ccccc21. The molecule has 0 bridgehead atoms. The summed E-state index contributed by atoms with van der Waals surface area (Å²) in [5, 5.41) is 0. The molecule has 4 heteroatoms. The van der Waals surface area contributed by atoms with Crippen LogP contribution in [0.1, 0.15) is 39.8 Å². The number of rotatable bonds is 3. The van der Waals surface area contributed by atoms with Crippen LogP contribution in [0.2, 0.25) is 0 Å². The fraction of sp³-hybridized carbons (Fsp3) is 0.562. The third-order valence-electron chi connectivity index (χ3n) is 3.22. The largest absolute Gasteiger partial charge is 0.307 e. The normalized spacial score (nSPS) is 13.4. The molecule has 20 heavy (non-hydrogen) atoms. The molecule has 0 saturated carbocycles. The predicted octanol–water partition coefficient (Wildman–Crippen LogP) is 4.11. The van der Waals surface area contributed by atoms with Crippen LogP contribution in [-0.4, -0.2) is 27.9 Å². The first kappa shape index (κ1) is 15.2. The average molecular weight is 293 g/mol. The van der Waals surface area contributed by atoms with E-state index < -0.39 is 10.2 Å². The first-order valence-corrected chi connectivity index (χ1v) is 9.99. The van der Waals surface area contributed by atoms with Crippen molar-refractivity contribution in [2.24, 2.45) is 4.40 Å². The van der Waals surface area contributed by atoms with E-state index in [0.717, 1.165) is 5.62 Å². The van der Waals surface area contributed by atoms with Crippen LogP contribution in [-0.2, 0) is 0 Å². The molecule has 0 aliphatic heterocycles. The lowest BCUT2D eigenvalue weighted by Crippen LogP contribution is -2.29. The summed E-state index contributed by atoms with van der Waals surface area (Å²) in [6.07, 6.45) is 6.71. The second-order valence-corrected chi connectivity index (χ2v) is 10.3. The second-order valence-electron chi connectivity index (χ2n) is 6.58. The Bertz CT molecular complexity index is 621. The number of fused-ring (bicyclic) bond motifs is 1. The van der Waals surface area contributed by atoms with Crippen molar-refractivity contribution in [3.05, 3.63) is 29.9 Å². The molecule has 0 aliphatic carbocycles. The van der Waals surface area contributed by atoms with E-state index in [1.54, 1.807) is 0 Å². The van der Waals surface area contributed by atoms with E-state index >= 15 is 0 Å². The molecular formula is C16H27N3S. The zero-order valence-corrected chi connectivity index (χ0v) is 14.5. The molecule has 112 valence electrons. The van der Waals surface area contributed by atoms with Gasteiger partial charge in [0, 0.05) is 12.1 Å². The predicted molar refractivity (Wildman–Crippen MR) is 91.6 cm³/mol. The third kappa shape index (κ3) is 2.80. The Morgan fingerprint density at radius 3 is 1.55 bits per heavy atom. The van der Waals surface area contributed by atoms with Crippen LogP contribution in [0.15, 0.2) is 28.7 Å². The molecular weight excluding hydrogens is 266 g/mol. The quantitative estimate of drug-likeness (QED) is 0.812. The lowest BCUT2D eigenvalue weighted by Gasteiger charge is -2.20. The van der Waals surface area contributed by atoms with Crippen LogP contribution in [0, 0.1) is 0 Å². The number of aromatic nitrogens is 2. The lowest BCUT2D eigenvalue weighted by atomic mass is 10.3. The molecule has 3 nitrogen and oxygen atoms in total. The summed E-state index contributed by atoms with van der Waals surface area (Å²) in [4.78, 5) is 0. The highest BCUT2D eigenvalue weighted by atomic mass is 32.3. The van der Waals surface area contributed by atoms with Crippen molar-refractivity contribution in [3.8, 4) is 0 Å². The van der Waals surface area contributed by atoms with E-state index in [9.17, 15) is 0 Å². The van der Waals surface area contributed by atoms with Crippen molar-refractivity contribution in [3.63, 3.8) is 0 Å². The summed E-state index contributed by atoms with van der Waals surface area (Å²) in [6, 6.07) is 9.43. The Kier molecular flexibility index (Phi) is 4.05. The summed E-state index contributed by atoms with van der Waals surface area (Å²) in [7, 11) is -0.954. The molecule has 0 amide bonds. The molecule has 0 radical (unpaired) electrons. The van der Waals surface area contributed by atoms with Gasteiger partial charge in [-0.2, -0.15) is 10.2 Å². The molecule has 2 aromatic rings. The fourth-order valence-electron chi connectivity index (χ4n) is 2.55. The smallest absolute Gasteiger partial charge is 0.216 e. The van der Waals surface area contributed by atoms with Gasteiger partial charge >= 0.3 is 0 Å². The molecule has 0 saturated heterocycles. The van der Waals surface area contributed by atoms with E-state index in [1.807, 2.05) is 0 Å². The van der Waals surface area contributed by atoms with E-state index in [2.05, 4.69) is 79.9 Å². The minimum absolute atomic E-state index is 0.403. The van der Waals surface area contributed by atoms with Crippen LogP contribution in [0.5, 0.6) is 0 Å². The Morgan fingerprint density at radius 2 is 1.25 bits per heavy atom. The van der Waals surface area contributed by atoms with Gasteiger partial charge in [0.2, 0.25) is 5.62 Å². The maximum absolute atomic E-state index is 5.08. The molecule has 2 rings (SSSR count). The van der Waals surface area contributed by atoms with Gasteiger partial charge in [0.1, 0.15) is 0 Å². The summed E-state index contributed by atoms with van der Waals surface area (Å²) in [5.41, 5.74) is 3.66. The summed E-state index contributed by atoms with van der Waals surface area (Å²) in [6.45, 7) is 8.92. The first-order chi connectivity index (χ1) is 9.22. The Hall–Kier alpha value is -1.16. The maximum Gasteiger partial charge on any atom is 0.216 e. The van der Waals surface area contributed by atoms with Crippen LogP contribution in [0.25, 0.3) is 11.0 Å². The van der Waals surface area contributed by atoms with E-state index in [1.165, 1.54) is 11.0 Å². The standard InChI is InChI=1S/C16H27N3S/c1-12(2)18-14-10-8-9-11-15(14)19(13(3)4)16(18)17-20(5,6)7/h8-13H,1-7H3. The molecule has 0 fully saturated rings. The summed E-state index contributed by atoms with van der Waals surface area (Å²) >= 11 is 0. The molecule has 1 heterocycles. The number of hydrogen-bond donors (Lipinski definition) is 0. The lowest BCUT2D eigenvalue weighted by molar-refractivity contribution is 0.524. The van der Waals surface area contributed by atoms with Gasteiger partial charge in [-0.25, -0.2) is 4.40 Å². The van der Waals surface area contributed by atoms with Gasteiger partial charge in [-0.15, -0.1) is 0 Å². The first-order valence-electron chi connectivity index (χ1n) is 7.18. The molecule has 0 atom stereocenters. The van der Waals surface area contributed by atoms with Crippen LogP contribution < -0.4 is 5.62 Å². The van der Waals surface area contributed by atoms with Gasteiger partial charge in [-0.1, -0.05) is 12.1 Å². The number of para-hydroxylation sites is 2. The van der Waals surface area contributed by atoms with Gasteiger partial charge in [0.05, 0.1) is 11.0 Å². The van der Waals surface area contributed by atoms with Crippen molar-refractivity contribution >= 4 is 21.2 Å². The van der Waals surface area contributed by atoms with Crippen LogP contribution in [0.4, 0.5) is 0 Å². The van der Waals surface area contributed by atoms with Crippen LogP contribution in [0.3, 0.4) is 0 Å². The minimum Gasteiger partial charge on any atom is -0.307 e. The summed E-state index contributed by atoms with van der Waals surface area (Å²) in [5.74, 6) is 0. The zero-order chi connectivity index (χ0) is 15.1. The number of imidazole rings is 1. The molecule has 1 aromatic heterocycles. The highest BCUT2D eigenvalue weighted by molar-refractivity contribution is 8.30. The van der Waals surface area contributed by atoms with Gasteiger partial charge in [-0.05, 0) is 58.6 Å². The zero-order valence-electron chi connectivity index (χ0n) is 13.7. The van der Waals surface area contributed by atoms with E-state index in [0.29, 0.717) is 12.1 Å². The highest BCUT2D eigenvalue weighted by Gasteiger charge is 2.16. The molecule has 0 aliphatic rings. The van der Waals surface area contributed by atoms with Gasteiger partial charge < -0.3 is 9.13 Å². The molecule has 1 aromatic carbocycles. The fourth-order valence-corrected chi connectivity index (χ4v) is 3.22. The Labute approximate surface area is 123 Å². The second kappa shape index (κ2) is 5.32. The number of hydrogen-bond acceptors (Lipinski definition) is 1. The Balaban J connectivity index is 2.99. The Morgan fingerprint density at radius 1 is 0.850 bits per heavy atom. The number of nitrogens with zero attached hydrogens (tertiary/aromatic N) is 3. The van der Waals surface area contributed by atoms with Crippen molar-refractivity contribution in [2.45, 2.75) is 39.8 Å². The molecule has 0 spiro atoms. The average Bonchev–Trinajstić information content (AvgIpc) is 2.59. The van der Waals surface area contributed by atoms with Gasteiger partial charge in [0.25, 0.3) is 0 Å². The van der Waals surface area contributed by atoms with Crippen molar-refractivity contribution in [1.29, 1.82) is 0 Å². The third-order valence-corrected chi connectivity index (χ3v) is 3.93. The minimum atomic E-state index is -0.954. The van der Waals surface area contributed by atoms with E-state index in [-0.39, 0.29) is 0 Å². The topological polar surface area (TPSA) is 22.2 Å². The van der Waals surface area contributed by atoms with Crippen molar-refractivity contribution in [2.75, 3.05) is 18.8 Å². The van der Waals surface area contributed by atoms with Crippen molar-refractivity contribution in [1.82, 2.24) is 9.13 Å². The number of benzene rings is 1. The molecule has 0 unspecified atom stereocenters. The monoisotopic (exact) mass is 293 g/mol. The maximum atomic E-state index is 5.08. The van der Waals surface area contributed by atoms with Crippen LogP contribution >= 0.6 is 10.2 Å². The van der Waals surface area contributed by atoms with E-state index in [4.69, 9.17) is 4.40 Å². The van der Waals surface area contributed by atoms with Crippen molar-refractivity contribution < 1.29 is 0 Å². The summed E-state index contributed by atoms with van der Waals surface area (Å²) < 4.78 is 9.82. The highest BCUT2D eigenvalue weighted by Crippen LogP contribution is 2.35. The van der Waals surface area contributed by atoms with Gasteiger partial charge in [0.15, 0.2) is 0 Å². The molecule has 0 N–H and O–H groups in total.